The summed E-state index contributed by atoms with van der Waals surface area (Å²) in [6, 6.07) is 2.17. The second-order valence-corrected chi connectivity index (χ2v) is 6.18. The van der Waals surface area contributed by atoms with E-state index in [1.807, 2.05) is 24.1 Å². The molecule has 0 amide bonds. The van der Waals surface area contributed by atoms with E-state index in [1.165, 1.54) is 5.69 Å². The molecule has 0 aliphatic heterocycles. The number of aromatic nitrogens is 4. The maximum atomic E-state index is 4.49. The van der Waals surface area contributed by atoms with Gasteiger partial charge in [0, 0.05) is 25.0 Å². The first-order chi connectivity index (χ1) is 9.39. The largest absolute Gasteiger partial charge is 0.328 e. The van der Waals surface area contributed by atoms with Crippen LogP contribution in [0.15, 0.2) is 18.5 Å². The average Bonchev–Trinajstić information content (AvgIpc) is 2.94. The third-order valence-electron chi connectivity index (χ3n) is 3.30. The molecule has 2 aromatic heterocycles. The Kier molecular flexibility index (Phi) is 4.28. The molecule has 110 valence electrons. The van der Waals surface area contributed by atoms with Crippen molar-refractivity contribution < 1.29 is 0 Å². The van der Waals surface area contributed by atoms with Crippen LogP contribution >= 0.6 is 0 Å². The zero-order chi connectivity index (χ0) is 14.8. The highest BCUT2D eigenvalue weighted by atomic mass is 15.3. The maximum absolute atomic E-state index is 4.49. The Morgan fingerprint density at radius 1 is 1.30 bits per heavy atom. The smallest absolute Gasteiger partial charge is 0.123 e. The number of nitrogens with one attached hydrogen (secondary N) is 1. The normalized spacial score (nSPS) is 12.1. The van der Waals surface area contributed by atoms with Crippen LogP contribution in [0.1, 0.15) is 44.9 Å². The van der Waals surface area contributed by atoms with Crippen LogP contribution in [0.4, 0.5) is 0 Å². The van der Waals surface area contributed by atoms with E-state index in [0.29, 0.717) is 0 Å². The Morgan fingerprint density at radius 3 is 2.65 bits per heavy atom. The van der Waals surface area contributed by atoms with Crippen LogP contribution in [0.25, 0.3) is 0 Å². The summed E-state index contributed by atoms with van der Waals surface area (Å²) in [5, 5.41) is 7.97. The van der Waals surface area contributed by atoms with Gasteiger partial charge in [-0.1, -0.05) is 6.92 Å². The summed E-state index contributed by atoms with van der Waals surface area (Å²) in [7, 11) is 2.00. The summed E-state index contributed by atoms with van der Waals surface area (Å²) >= 11 is 0. The lowest BCUT2D eigenvalue weighted by Crippen LogP contribution is -2.36. The fraction of sp³-hybridized carbons (Fsp3) is 0.600. The quantitative estimate of drug-likeness (QED) is 0.909. The van der Waals surface area contributed by atoms with E-state index >= 15 is 0 Å². The van der Waals surface area contributed by atoms with Gasteiger partial charge in [0.2, 0.25) is 0 Å². The van der Waals surface area contributed by atoms with Crippen molar-refractivity contribution in [2.45, 2.75) is 52.7 Å². The highest BCUT2D eigenvalue weighted by Gasteiger charge is 2.12. The predicted molar refractivity (Wildman–Crippen MR) is 80.5 cm³/mol. The summed E-state index contributed by atoms with van der Waals surface area (Å²) in [5.41, 5.74) is 2.44. The minimum Gasteiger partial charge on any atom is -0.328 e. The van der Waals surface area contributed by atoms with E-state index < -0.39 is 0 Å². The van der Waals surface area contributed by atoms with Crippen LogP contribution in [0.5, 0.6) is 0 Å². The molecule has 2 aromatic rings. The standard InChI is InChI=1S/C15H25N5/c1-6-12-9-13(19(5)18-12)11-20-8-7-16-14(20)10-17-15(2,3)4/h7-9,17H,6,10-11H2,1-5H3. The Morgan fingerprint density at radius 2 is 2.05 bits per heavy atom. The Labute approximate surface area is 121 Å². The molecule has 0 aliphatic carbocycles. The molecule has 2 heterocycles. The van der Waals surface area contributed by atoms with E-state index in [-0.39, 0.29) is 5.54 Å². The van der Waals surface area contributed by atoms with E-state index in [9.17, 15) is 0 Å². The van der Waals surface area contributed by atoms with Crippen molar-refractivity contribution in [3.05, 3.63) is 35.7 Å². The lowest BCUT2D eigenvalue weighted by Gasteiger charge is -2.20. The van der Waals surface area contributed by atoms with Crippen molar-refractivity contribution in [2.75, 3.05) is 0 Å². The first-order valence-electron chi connectivity index (χ1n) is 7.16. The topological polar surface area (TPSA) is 47.7 Å². The van der Waals surface area contributed by atoms with E-state index in [2.05, 4.69) is 53.7 Å². The molecule has 0 radical (unpaired) electrons. The fourth-order valence-corrected chi connectivity index (χ4v) is 2.06. The van der Waals surface area contributed by atoms with Gasteiger partial charge in [0.15, 0.2) is 0 Å². The van der Waals surface area contributed by atoms with Gasteiger partial charge in [-0.3, -0.25) is 4.68 Å². The Balaban J connectivity index is 2.10. The summed E-state index contributed by atoms with van der Waals surface area (Å²) in [4.78, 5) is 4.44. The van der Waals surface area contributed by atoms with Gasteiger partial charge < -0.3 is 9.88 Å². The third-order valence-corrected chi connectivity index (χ3v) is 3.30. The number of aryl methyl sites for hydroxylation is 2. The van der Waals surface area contributed by atoms with Crippen molar-refractivity contribution in [3.63, 3.8) is 0 Å². The Bertz CT molecular complexity index is 559. The minimum atomic E-state index is 0.0959. The second kappa shape index (κ2) is 5.79. The summed E-state index contributed by atoms with van der Waals surface area (Å²) in [6.07, 6.45) is 4.85. The molecule has 2 rings (SSSR count). The number of nitrogens with zero attached hydrogens (tertiary/aromatic N) is 4. The van der Waals surface area contributed by atoms with Crippen LogP contribution in [-0.4, -0.2) is 24.9 Å². The Hall–Kier alpha value is -1.62. The monoisotopic (exact) mass is 275 g/mol. The van der Waals surface area contributed by atoms with Crippen LogP contribution < -0.4 is 5.32 Å². The molecule has 1 N–H and O–H groups in total. The highest BCUT2D eigenvalue weighted by Crippen LogP contribution is 2.09. The molecule has 0 saturated carbocycles. The molecule has 0 atom stereocenters. The van der Waals surface area contributed by atoms with Crippen molar-refractivity contribution in [1.82, 2.24) is 24.6 Å². The van der Waals surface area contributed by atoms with Gasteiger partial charge in [-0.2, -0.15) is 5.10 Å². The van der Waals surface area contributed by atoms with Crippen LogP contribution in [0, 0.1) is 0 Å². The van der Waals surface area contributed by atoms with Gasteiger partial charge in [-0.05, 0) is 33.3 Å². The zero-order valence-corrected chi connectivity index (χ0v) is 13.1. The molecule has 0 saturated heterocycles. The molecule has 20 heavy (non-hydrogen) atoms. The molecule has 0 spiro atoms. The lowest BCUT2D eigenvalue weighted by atomic mass is 10.1. The number of rotatable bonds is 5. The molecular formula is C15H25N5. The van der Waals surface area contributed by atoms with Crippen LogP contribution in [-0.2, 0) is 26.6 Å². The van der Waals surface area contributed by atoms with Gasteiger partial charge in [0.05, 0.1) is 24.5 Å². The summed E-state index contributed by atoms with van der Waals surface area (Å²) in [6.45, 7) is 10.2. The molecule has 0 aromatic carbocycles. The lowest BCUT2D eigenvalue weighted by molar-refractivity contribution is 0.412. The predicted octanol–water partition coefficient (Wildman–Crippen LogP) is 2.12. The van der Waals surface area contributed by atoms with Crippen LogP contribution in [0.2, 0.25) is 0 Å². The fourth-order valence-electron chi connectivity index (χ4n) is 2.06. The first-order valence-corrected chi connectivity index (χ1v) is 7.16. The van der Waals surface area contributed by atoms with Crippen molar-refractivity contribution >= 4 is 0 Å². The first kappa shape index (κ1) is 14.8. The average molecular weight is 275 g/mol. The second-order valence-electron chi connectivity index (χ2n) is 6.18. The van der Waals surface area contributed by atoms with Crippen molar-refractivity contribution in [3.8, 4) is 0 Å². The molecule has 5 heteroatoms. The van der Waals surface area contributed by atoms with E-state index in [1.54, 1.807) is 0 Å². The van der Waals surface area contributed by atoms with Gasteiger partial charge in [-0.25, -0.2) is 4.98 Å². The van der Waals surface area contributed by atoms with Gasteiger partial charge >= 0.3 is 0 Å². The van der Waals surface area contributed by atoms with Crippen molar-refractivity contribution in [2.24, 2.45) is 7.05 Å². The summed E-state index contributed by atoms with van der Waals surface area (Å²) in [5.74, 6) is 1.05. The molecular weight excluding hydrogens is 250 g/mol. The number of hydrogen-bond donors (Lipinski definition) is 1. The number of hydrogen-bond acceptors (Lipinski definition) is 3. The molecule has 0 unspecified atom stereocenters. The van der Waals surface area contributed by atoms with Gasteiger partial charge in [0.25, 0.3) is 0 Å². The molecule has 0 aliphatic rings. The third kappa shape index (κ3) is 3.70. The minimum absolute atomic E-state index is 0.0959. The molecule has 5 nitrogen and oxygen atoms in total. The molecule has 0 bridgehead atoms. The zero-order valence-electron chi connectivity index (χ0n) is 13.1. The van der Waals surface area contributed by atoms with Gasteiger partial charge in [0.1, 0.15) is 5.82 Å². The van der Waals surface area contributed by atoms with Gasteiger partial charge in [-0.15, -0.1) is 0 Å². The summed E-state index contributed by atoms with van der Waals surface area (Å²) < 4.78 is 4.13. The SMILES string of the molecule is CCc1cc(Cn2ccnc2CNC(C)(C)C)n(C)n1. The molecule has 0 fully saturated rings. The maximum Gasteiger partial charge on any atom is 0.123 e. The van der Waals surface area contributed by atoms with E-state index in [0.717, 1.165) is 31.0 Å². The van der Waals surface area contributed by atoms with Crippen molar-refractivity contribution in [1.29, 1.82) is 0 Å². The highest BCUT2D eigenvalue weighted by molar-refractivity contribution is 5.11. The number of imidazole rings is 1. The van der Waals surface area contributed by atoms with Crippen LogP contribution in [0.3, 0.4) is 0 Å². The van der Waals surface area contributed by atoms with E-state index in [4.69, 9.17) is 0 Å².